The Kier molecular flexibility index (Phi) is 5.94. The Hall–Kier alpha value is -2.94. The molecule has 0 spiro atoms. The Morgan fingerprint density at radius 1 is 1.31 bits per heavy atom. The predicted octanol–water partition coefficient (Wildman–Crippen LogP) is 4.84. The van der Waals surface area contributed by atoms with Crippen LogP contribution in [0.4, 0.5) is 13.2 Å². The monoisotopic (exact) mass is 447 g/mol. The largest absolute Gasteiger partial charge is 0.416 e. The van der Waals surface area contributed by atoms with Crippen molar-refractivity contribution in [1.82, 2.24) is 15.0 Å². The van der Waals surface area contributed by atoms with Gasteiger partial charge in [-0.15, -0.1) is 0 Å². The summed E-state index contributed by atoms with van der Waals surface area (Å²) in [5.41, 5.74) is 0.390. The number of rotatable bonds is 6. The van der Waals surface area contributed by atoms with Crippen molar-refractivity contribution < 1.29 is 27.6 Å². The molecule has 32 heavy (non-hydrogen) atoms. The molecule has 1 atom stereocenters. The third-order valence-corrected chi connectivity index (χ3v) is 6.07. The lowest BCUT2D eigenvalue weighted by atomic mass is 9.84. The van der Waals surface area contributed by atoms with E-state index in [0.29, 0.717) is 23.5 Å². The summed E-state index contributed by atoms with van der Waals surface area (Å²) in [6, 6.07) is 5.85. The maximum Gasteiger partial charge on any atom is 0.416 e. The van der Waals surface area contributed by atoms with E-state index in [1.165, 1.54) is 18.2 Å². The van der Waals surface area contributed by atoms with Crippen molar-refractivity contribution in [2.45, 2.75) is 45.3 Å². The van der Waals surface area contributed by atoms with E-state index in [0.717, 1.165) is 31.4 Å². The fourth-order valence-electron chi connectivity index (χ4n) is 3.94. The molecule has 4 rings (SSSR count). The number of aliphatic hydroxyl groups excluding tert-OH is 1. The van der Waals surface area contributed by atoms with Crippen molar-refractivity contribution in [2.24, 2.45) is 5.92 Å². The van der Waals surface area contributed by atoms with Crippen molar-refractivity contribution >= 4 is 17.0 Å². The number of aliphatic hydroxyl groups is 1. The van der Waals surface area contributed by atoms with E-state index in [1.807, 2.05) is 0 Å². The molecule has 0 radical (unpaired) electrons. The van der Waals surface area contributed by atoms with Gasteiger partial charge < -0.3 is 14.5 Å². The molecule has 1 aliphatic rings. The molecule has 2 aromatic heterocycles. The average Bonchev–Trinajstić information content (AvgIpc) is 3.12. The zero-order valence-electron chi connectivity index (χ0n) is 17.8. The second-order valence-electron chi connectivity index (χ2n) is 8.37. The van der Waals surface area contributed by atoms with Gasteiger partial charge in [0.15, 0.2) is 0 Å². The van der Waals surface area contributed by atoms with Crippen molar-refractivity contribution in [1.29, 1.82) is 0 Å². The number of hydrogen-bond donors (Lipinski definition) is 1. The number of carbonyl (C=O) groups excluding carboxylic acids is 1. The highest BCUT2D eigenvalue weighted by molar-refractivity contribution is 6.07. The topological polar surface area (TPSA) is 79.5 Å². The van der Waals surface area contributed by atoms with E-state index in [-0.39, 0.29) is 35.0 Å². The molecular weight excluding hydrogens is 423 g/mol. The fraction of sp³-hybridized carbons (Fsp3) is 0.435. The summed E-state index contributed by atoms with van der Waals surface area (Å²) in [6.07, 6.45) is -1.34. The molecule has 1 N–H and O–H groups in total. The summed E-state index contributed by atoms with van der Waals surface area (Å²) in [6.45, 7) is 3.76. The molecule has 1 amide bonds. The van der Waals surface area contributed by atoms with E-state index < -0.39 is 17.8 Å². The van der Waals surface area contributed by atoms with Crippen LogP contribution in [0.1, 0.15) is 47.8 Å². The molecule has 1 aliphatic carbocycles. The molecule has 1 fully saturated rings. The normalized spacial score (nSPS) is 15.6. The minimum Gasteiger partial charge on any atom is -0.394 e. The second-order valence-corrected chi connectivity index (χ2v) is 8.37. The van der Waals surface area contributed by atoms with E-state index in [9.17, 15) is 23.1 Å². The molecule has 3 aromatic rings. The molecule has 9 heteroatoms. The summed E-state index contributed by atoms with van der Waals surface area (Å²) < 4.78 is 44.9. The Morgan fingerprint density at radius 3 is 2.69 bits per heavy atom. The highest BCUT2D eigenvalue weighted by Crippen LogP contribution is 2.34. The van der Waals surface area contributed by atoms with Gasteiger partial charge in [-0.25, -0.2) is 4.98 Å². The van der Waals surface area contributed by atoms with Crippen LogP contribution in [0.3, 0.4) is 0 Å². The highest BCUT2D eigenvalue weighted by Gasteiger charge is 2.32. The summed E-state index contributed by atoms with van der Waals surface area (Å²) >= 11 is 0. The summed E-state index contributed by atoms with van der Waals surface area (Å²) in [7, 11) is 0. The van der Waals surface area contributed by atoms with Gasteiger partial charge >= 0.3 is 6.18 Å². The molecular formula is C23H24F3N3O3. The first-order valence-corrected chi connectivity index (χ1v) is 10.6. The van der Waals surface area contributed by atoms with E-state index in [1.54, 1.807) is 18.7 Å². The number of nitrogens with zero attached hydrogens (tertiary/aromatic N) is 3. The first kappa shape index (κ1) is 22.3. The number of benzene rings is 1. The molecule has 0 bridgehead atoms. The third-order valence-electron chi connectivity index (χ3n) is 6.07. The van der Waals surface area contributed by atoms with Gasteiger partial charge in [0.05, 0.1) is 40.5 Å². The van der Waals surface area contributed by atoms with E-state index in [2.05, 4.69) is 10.1 Å². The number of fused-ring (bicyclic) bond motifs is 1. The Balaban J connectivity index is 1.81. The number of aromatic nitrogens is 2. The number of carbonyl (C=O) groups is 1. The number of aryl methyl sites for hydroxylation is 1. The molecule has 0 aliphatic heterocycles. The molecule has 1 aromatic carbocycles. The molecule has 1 saturated carbocycles. The van der Waals surface area contributed by atoms with E-state index >= 15 is 0 Å². The molecule has 170 valence electrons. The van der Waals surface area contributed by atoms with Crippen LogP contribution < -0.4 is 0 Å². The van der Waals surface area contributed by atoms with Crippen LogP contribution in [0.25, 0.3) is 22.4 Å². The molecule has 6 nitrogen and oxygen atoms in total. The van der Waals surface area contributed by atoms with Crippen LogP contribution in [-0.2, 0) is 6.18 Å². The standard InChI is InChI=1S/C23H24F3N3O3/c1-13(12-30)29(11-15-5-3-6-15)22(31)18-10-19(27-21-20(18)14(2)28-32-21)16-7-4-8-17(9-16)23(24,25)26/h4,7-10,13,15,30H,3,5-6,11-12H2,1-2H3. The summed E-state index contributed by atoms with van der Waals surface area (Å²) in [5, 5.41) is 14.1. The lowest BCUT2D eigenvalue weighted by Crippen LogP contribution is -2.44. The van der Waals surface area contributed by atoms with Crippen LogP contribution in [0, 0.1) is 12.8 Å². The lowest BCUT2D eigenvalue weighted by Gasteiger charge is -2.35. The summed E-state index contributed by atoms with van der Waals surface area (Å²) in [5.74, 6) is 0.0437. The number of amides is 1. The maximum atomic E-state index is 13.6. The number of pyridine rings is 1. The first-order chi connectivity index (χ1) is 15.2. The zero-order chi connectivity index (χ0) is 23.0. The van der Waals surface area contributed by atoms with Gasteiger partial charge in [0, 0.05) is 12.1 Å². The van der Waals surface area contributed by atoms with Gasteiger partial charge in [-0.2, -0.15) is 13.2 Å². The number of hydrogen-bond acceptors (Lipinski definition) is 5. The van der Waals surface area contributed by atoms with E-state index in [4.69, 9.17) is 4.52 Å². The maximum absolute atomic E-state index is 13.6. The second kappa shape index (κ2) is 8.54. The quantitative estimate of drug-likeness (QED) is 0.585. The van der Waals surface area contributed by atoms with Crippen molar-refractivity contribution in [3.8, 4) is 11.3 Å². The van der Waals surface area contributed by atoms with Gasteiger partial charge in [0.2, 0.25) is 0 Å². The van der Waals surface area contributed by atoms with Crippen LogP contribution >= 0.6 is 0 Å². The van der Waals surface area contributed by atoms with Crippen molar-refractivity contribution in [3.05, 3.63) is 47.2 Å². The van der Waals surface area contributed by atoms with Crippen LogP contribution in [-0.4, -0.2) is 45.2 Å². The van der Waals surface area contributed by atoms with Gasteiger partial charge in [-0.3, -0.25) is 4.79 Å². The number of alkyl halides is 3. The van der Waals surface area contributed by atoms with Gasteiger partial charge in [0.25, 0.3) is 11.6 Å². The lowest BCUT2D eigenvalue weighted by molar-refractivity contribution is -0.137. The first-order valence-electron chi connectivity index (χ1n) is 10.6. The van der Waals surface area contributed by atoms with Crippen LogP contribution in [0.5, 0.6) is 0 Å². The Morgan fingerprint density at radius 2 is 2.06 bits per heavy atom. The molecule has 1 unspecified atom stereocenters. The van der Waals surface area contributed by atoms with Gasteiger partial charge in [-0.05, 0) is 50.8 Å². The minimum absolute atomic E-state index is 0.0843. The van der Waals surface area contributed by atoms with Gasteiger partial charge in [0.1, 0.15) is 0 Å². The Bertz CT molecular complexity index is 1140. The molecule has 0 saturated heterocycles. The molecule has 2 heterocycles. The van der Waals surface area contributed by atoms with Crippen molar-refractivity contribution in [2.75, 3.05) is 13.2 Å². The highest BCUT2D eigenvalue weighted by atomic mass is 19.4. The predicted molar refractivity (Wildman–Crippen MR) is 112 cm³/mol. The Labute approximate surface area is 183 Å². The fourth-order valence-corrected chi connectivity index (χ4v) is 3.94. The van der Waals surface area contributed by atoms with Crippen LogP contribution in [0.15, 0.2) is 34.9 Å². The summed E-state index contributed by atoms with van der Waals surface area (Å²) in [4.78, 5) is 19.6. The van der Waals surface area contributed by atoms with Gasteiger partial charge in [-0.1, -0.05) is 23.7 Å². The van der Waals surface area contributed by atoms with Crippen LogP contribution in [0.2, 0.25) is 0 Å². The minimum atomic E-state index is -4.50. The van der Waals surface area contributed by atoms with Crippen molar-refractivity contribution in [3.63, 3.8) is 0 Å². The zero-order valence-corrected chi connectivity index (χ0v) is 17.8. The average molecular weight is 447 g/mol. The smallest absolute Gasteiger partial charge is 0.394 e. The third kappa shape index (κ3) is 4.21. The number of halogens is 3. The SMILES string of the molecule is Cc1noc2nc(-c3cccc(C(F)(F)F)c3)cc(C(=O)N(CC3CCC3)C(C)CO)c12.